The molecule has 6 nitrogen and oxygen atoms in total. The number of pyridine rings is 1. The number of anilines is 1. The highest BCUT2D eigenvalue weighted by atomic mass is 19.4. The lowest BCUT2D eigenvalue weighted by atomic mass is 10.0. The van der Waals surface area contributed by atoms with Crippen LogP contribution in [0.25, 0.3) is 11.5 Å². The Bertz CT molecular complexity index is 1630. The third-order valence-electron chi connectivity index (χ3n) is 6.97. The van der Waals surface area contributed by atoms with Gasteiger partial charge < -0.3 is 10.3 Å². The maximum atomic E-state index is 13.9. The first-order valence-corrected chi connectivity index (χ1v) is 13.1. The van der Waals surface area contributed by atoms with E-state index in [4.69, 9.17) is 0 Å². The van der Waals surface area contributed by atoms with E-state index in [1.54, 1.807) is 30.3 Å². The Morgan fingerprint density at radius 3 is 2.59 bits per heavy atom. The lowest BCUT2D eigenvalue weighted by Crippen LogP contribution is -2.22. The number of nitrogens with one attached hydrogen (secondary N) is 2. The molecule has 3 heterocycles. The maximum Gasteiger partial charge on any atom is 0.416 e. The molecule has 2 N–H and O–H groups in total. The molecule has 1 fully saturated rings. The van der Waals surface area contributed by atoms with E-state index in [1.165, 1.54) is 18.3 Å². The zero-order valence-corrected chi connectivity index (χ0v) is 22.4. The second-order valence-corrected chi connectivity index (χ2v) is 10.2. The fourth-order valence-corrected chi connectivity index (χ4v) is 4.74. The molecule has 0 unspecified atom stereocenters. The van der Waals surface area contributed by atoms with Gasteiger partial charge in [-0.05, 0) is 73.3 Å². The molecule has 10 heteroatoms. The third-order valence-corrected chi connectivity index (χ3v) is 6.97. The van der Waals surface area contributed by atoms with Gasteiger partial charge in [0.05, 0.1) is 11.8 Å². The number of H-pyrrole nitrogens is 1. The number of halogens is 4. The molecule has 1 aliphatic rings. The van der Waals surface area contributed by atoms with Crippen LogP contribution in [0.4, 0.5) is 23.2 Å². The zero-order valence-electron chi connectivity index (χ0n) is 22.4. The van der Waals surface area contributed by atoms with Gasteiger partial charge in [0.2, 0.25) is 5.95 Å². The van der Waals surface area contributed by atoms with E-state index in [1.807, 2.05) is 11.8 Å². The van der Waals surface area contributed by atoms with Crippen LogP contribution in [0.5, 0.6) is 0 Å². The van der Waals surface area contributed by atoms with Gasteiger partial charge in [-0.25, -0.2) is 4.98 Å². The summed E-state index contributed by atoms with van der Waals surface area (Å²) in [7, 11) is 0. The molecule has 210 valence electrons. The highest BCUT2D eigenvalue weighted by Crippen LogP contribution is 2.35. The number of hydrogen-bond acceptors (Lipinski definition) is 4. The van der Waals surface area contributed by atoms with Crippen LogP contribution in [-0.4, -0.2) is 38.8 Å². The Labute approximate surface area is 234 Å². The van der Waals surface area contributed by atoms with Crippen LogP contribution < -0.4 is 5.32 Å². The molecular weight excluding hydrogens is 534 g/mol. The van der Waals surface area contributed by atoms with Crippen molar-refractivity contribution in [2.24, 2.45) is 5.92 Å². The van der Waals surface area contributed by atoms with E-state index < -0.39 is 23.6 Å². The van der Waals surface area contributed by atoms with Crippen LogP contribution in [0.15, 0.2) is 60.9 Å². The minimum Gasteiger partial charge on any atom is -0.322 e. The average Bonchev–Trinajstić information content (AvgIpc) is 3.56. The summed E-state index contributed by atoms with van der Waals surface area (Å²) in [5.41, 5.74) is 2.23. The summed E-state index contributed by atoms with van der Waals surface area (Å²) in [6, 6.07) is 12.2. The summed E-state index contributed by atoms with van der Waals surface area (Å²) in [6.45, 7) is 5.68. The molecule has 0 spiro atoms. The van der Waals surface area contributed by atoms with Crippen molar-refractivity contribution in [3.05, 3.63) is 100 Å². The van der Waals surface area contributed by atoms with E-state index in [2.05, 4.69) is 39.0 Å². The Morgan fingerprint density at radius 1 is 1.10 bits per heavy atom. The van der Waals surface area contributed by atoms with Gasteiger partial charge in [-0.3, -0.25) is 14.7 Å². The van der Waals surface area contributed by atoms with Crippen molar-refractivity contribution in [3.8, 4) is 23.4 Å². The van der Waals surface area contributed by atoms with Crippen molar-refractivity contribution < 1.29 is 22.4 Å². The fraction of sp³-hybridized carbons (Fsp3) is 0.258. The number of carbonyl (C=O) groups is 1. The van der Waals surface area contributed by atoms with Crippen molar-refractivity contribution in [2.75, 3.05) is 18.4 Å². The molecule has 4 aromatic rings. The van der Waals surface area contributed by atoms with Crippen molar-refractivity contribution in [1.82, 2.24) is 19.9 Å². The first-order chi connectivity index (χ1) is 19.5. The number of amides is 1. The predicted octanol–water partition coefficient (Wildman–Crippen LogP) is 6.43. The van der Waals surface area contributed by atoms with E-state index in [0.29, 0.717) is 28.6 Å². The minimum absolute atomic E-state index is 0.0664. The lowest BCUT2D eigenvalue weighted by Gasteiger charge is -2.20. The quantitative estimate of drug-likeness (QED) is 0.218. The van der Waals surface area contributed by atoms with Crippen molar-refractivity contribution in [2.45, 2.75) is 33.0 Å². The average molecular weight is 562 g/mol. The van der Waals surface area contributed by atoms with Crippen molar-refractivity contribution >= 4 is 11.6 Å². The summed E-state index contributed by atoms with van der Waals surface area (Å²) >= 11 is 0. The topological polar surface area (TPSA) is 73.9 Å². The number of aromatic amines is 1. The lowest BCUT2D eigenvalue weighted by molar-refractivity contribution is -0.138. The number of rotatable bonds is 5. The van der Waals surface area contributed by atoms with Crippen molar-refractivity contribution in [3.63, 3.8) is 0 Å². The largest absolute Gasteiger partial charge is 0.416 e. The standard InChI is InChI=1S/C31H27F4N5O/c1-19-11-12-40(17-19)18-24-8-9-25(14-26(24)31(33,34)35)38-30(41)23-6-3-20(2)22(13-23)7-4-21-5-10-27(36-15-21)29-37-16-28(32)39-29/h3,5-6,8-10,13-16,19H,11-12,17-18H2,1-2H3,(H,37,39)(H,38,41)/t19-/m0/s1. The summed E-state index contributed by atoms with van der Waals surface area (Å²) in [4.78, 5) is 25.6. The van der Waals surface area contributed by atoms with Crippen LogP contribution in [-0.2, 0) is 12.7 Å². The maximum absolute atomic E-state index is 13.9. The van der Waals surface area contributed by atoms with Gasteiger partial charge in [0.1, 0.15) is 5.69 Å². The number of imidazole rings is 1. The normalized spacial score (nSPS) is 15.4. The van der Waals surface area contributed by atoms with Crippen LogP contribution in [0.2, 0.25) is 0 Å². The predicted molar refractivity (Wildman–Crippen MR) is 147 cm³/mol. The van der Waals surface area contributed by atoms with E-state index in [-0.39, 0.29) is 23.4 Å². The first-order valence-electron chi connectivity index (χ1n) is 13.1. The smallest absolute Gasteiger partial charge is 0.322 e. The number of aromatic nitrogens is 3. The Hall–Kier alpha value is -4.49. The molecular formula is C31H27F4N5O. The number of carbonyl (C=O) groups excluding carboxylic acids is 1. The zero-order chi connectivity index (χ0) is 29.1. The molecule has 2 aromatic carbocycles. The number of likely N-dealkylation sites (tertiary alicyclic amines) is 1. The number of nitrogens with zero attached hydrogens (tertiary/aromatic N) is 3. The molecule has 1 atom stereocenters. The highest BCUT2D eigenvalue weighted by molar-refractivity contribution is 6.04. The minimum atomic E-state index is -4.55. The molecule has 0 saturated carbocycles. The van der Waals surface area contributed by atoms with Gasteiger partial charge in [-0.15, -0.1) is 0 Å². The van der Waals surface area contributed by atoms with Gasteiger partial charge in [-0.2, -0.15) is 17.6 Å². The summed E-state index contributed by atoms with van der Waals surface area (Å²) in [5, 5.41) is 2.60. The number of hydrogen-bond donors (Lipinski definition) is 2. The van der Waals surface area contributed by atoms with E-state index in [9.17, 15) is 22.4 Å². The molecule has 0 aliphatic carbocycles. The molecule has 0 radical (unpaired) electrons. The second-order valence-electron chi connectivity index (χ2n) is 10.2. The number of aryl methyl sites for hydroxylation is 1. The molecule has 1 saturated heterocycles. The third kappa shape index (κ3) is 6.81. The van der Waals surface area contributed by atoms with Gasteiger partial charge in [0.25, 0.3) is 5.91 Å². The fourth-order valence-electron chi connectivity index (χ4n) is 4.74. The molecule has 2 aromatic heterocycles. The molecule has 41 heavy (non-hydrogen) atoms. The van der Waals surface area contributed by atoms with Crippen molar-refractivity contribution in [1.29, 1.82) is 0 Å². The van der Waals surface area contributed by atoms with Gasteiger partial charge in [-0.1, -0.05) is 30.9 Å². The van der Waals surface area contributed by atoms with E-state index >= 15 is 0 Å². The van der Waals surface area contributed by atoms with Gasteiger partial charge in [0, 0.05) is 41.7 Å². The number of alkyl halides is 3. The van der Waals surface area contributed by atoms with E-state index in [0.717, 1.165) is 37.3 Å². The highest BCUT2D eigenvalue weighted by Gasteiger charge is 2.34. The first kappa shape index (κ1) is 28.1. The Balaban J connectivity index is 1.31. The van der Waals surface area contributed by atoms with Gasteiger partial charge >= 0.3 is 6.18 Å². The SMILES string of the molecule is Cc1ccc(C(=O)Nc2ccc(CN3CC[C@H](C)C3)c(C(F)(F)F)c2)cc1C#Cc1ccc(-c2ncc(F)[nH]2)nc1. The molecule has 0 bridgehead atoms. The van der Waals surface area contributed by atoms with Crippen LogP contribution in [0.1, 0.15) is 51.5 Å². The molecule has 5 rings (SSSR count). The van der Waals surface area contributed by atoms with Crippen LogP contribution in [0, 0.1) is 30.6 Å². The monoisotopic (exact) mass is 561 g/mol. The Morgan fingerprint density at radius 2 is 1.93 bits per heavy atom. The summed E-state index contributed by atoms with van der Waals surface area (Å²) < 4.78 is 54.9. The second kappa shape index (κ2) is 11.6. The molecule has 1 amide bonds. The van der Waals surface area contributed by atoms with Gasteiger partial charge in [0.15, 0.2) is 5.82 Å². The molecule has 1 aliphatic heterocycles. The van der Waals surface area contributed by atoms with Crippen LogP contribution in [0.3, 0.4) is 0 Å². The summed E-state index contributed by atoms with van der Waals surface area (Å²) in [6.07, 6.45) is -0.984. The number of benzene rings is 2. The summed E-state index contributed by atoms with van der Waals surface area (Å²) in [5.74, 6) is 5.66. The Kier molecular flexibility index (Phi) is 7.90. The van der Waals surface area contributed by atoms with Crippen LogP contribution >= 0.6 is 0 Å².